The topological polar surface area (TPSA) is 95.5 Å². The average molecular weight is 482 g/mol. The highest BCUT2D eigenvalue weighted by Gasteiger charge is 2.48. The number of imidazole rings is 1. The van der Waals surface area contributed by atoms with Crippen LogP contribution >= 0.6 is 0 Å². The predicted octanol–water partition coefficient (Wildman–Crippen LogP) is 5.50. The van der Waals surface area contributed by atoms with Gasteiger partial charge in [0, 0.05) is 0 Å². The fraction of sp³-hybridized carbons (Fsp3) is 0.207. The van der Waals surface area contributed by atoms with Gasteiger partial charge >= 0.3 is 5.91 Å². The number of ether oxygens (including phenoxy) is 1. The molecule has 3 aromatic carbocycles. The zero-order valence-electron chi connectivity index (χ0n) is 20.6. The van der Waals surface area contributed by atoms with Gasteiger partial charge in [-0.15, -0.1) is 0 Å². The first kappa shape index (κ1) is 23.4. The number of para-hydroxylation sites is 2. The lowest BCUT2D eigenvalue weighted by atomic mass is 9.85. The molecule has 0 aliphatic carbocycles. The maximum absolute atomic E-state index is 13.5. The third-order valence-electron chi connectivity index (χ3n) is 6.49. The van der Waals surface area contributed by atoms with Gasteiger partial charge in [-0.1, -0.05) is 69.3 Å². The molecule has 0 saturated carbocycles. The van der Waals surface area contributed by atoms with E-state index in [4.69, 9.17) is 4.74 Å². The van der Waals surface area contributed by atoms with Crippen LogP contribution in [-0.2, 0) is 15.0 Å². The van der Waals surface area contributed by atoms with Crippen LogP contribution in [0.4, 0.5) is 5.95 Å². The smallest absolute Gasteiger partial charge is 0.302 e. The SMILES string of the molecule is COc1ccc(C(C)(C)C)cc1/C(O)=C1\C(=O)C(=O)N(c2nc3ccccc3[nH]2)C1c1ccccc1. The van der Waals surface area contributed by atoms with Crippen molar-refractivity contribution in [2.45, 2.75) is 32.2 Å². The molecule has 2 heterocycles. The first-order chi connectivity index (χ1) is 17.2. The Morgan fingerprint density at radius 3 is 2.36 bits per heavy atom. The molecule has 1 fully saturated rings. The van der Waals surface area contributed by atoms with Crippen molar-refractivity contribution in [2.75, 3.05) is 12.0 Å². The minimum Gasteiger partial charge on any atom is -0.507 e. The van der Waals surface area contributed by atoms with Crippen LogP contribution in [0.25, 0.3) is 16.8 Å². The first-order valence-corrected chi connectivity index (χ1v) is 11.7. The number of H-pyrrole nitrogens is 1. The third-order valence-corrected chi connectivity index (χ3v) is 6.49. The quantitative estimate of drug-likeness (QED) is 0.228. The van der Waals surface area contributed by atoms with E-state index in [-0.39, 0.29) is 22.7 Å². The molecule has 0 spiro atoms. The molecule has 1 aliphatic rings. The summed E-state index contributed by atoms with van der Waals surface area (Å²) in [6, 6.07) is 21.2. The number of nitrogens with zero attached hydrogens (tertiary/aromatic N) is 2. The van der Waals surface area contributed by atoms with Crippen LogP contribution in [0, 0.1) is 0 Å². The molecule has 5 rings (SSSR count). The molecule has 1 unspecified atom stereocenters. The molecule has 0 radical (unpaired) electrons. The van der Waals surface area contributed by atoms with Crippen molar-refractivity contribution in [1.82, 2.24) is 9.97 Å². The number of methoxy groups -OCH3 is 1. The van der Waals surface area contributed by atoms with E-state index in [1.165, 1.54) is 12.0 Å². The van der Waals surface area contributed by atoms with Gasteiger partial charge in [-0.3, -0.25) is 14.5 Å². The van der Waals surface area contributed by atoms with Gasteiger partial charge in [-0.05, 0) is 40.8 Å². The fourth-order valence-electron chi connectivity index (χ4n) is 4.56. The van der Waals surface area contributed by atoms with Crippen LogP contribution in [0.3, 0.4) is 0 Å². The highest BCUT2D eigenvalue weighted by atomic mass is 16.5. The lowest BCUT2D eigenvalue weighted by Gasteiger charge is -2.24. The summed E-state index contributed by atoms with van der Waals surface area (Å²) in [6.07, 6.45) is 0. The van der Waals surface area contributed by atoms with Crippen molar-refractivity contribution in [3.05, 3.63) is 95.1 Å². The van der Waals surface area contributed by atoms with E-state index in [1.54, 1.807) is 6.07 Å². The van der Waals surface area contributed by atoms with E-state index in [0.29, 0.717) is 22.4 Å². The van der Waals surface area contributed by atoms with Crippen molar-refractivity contribution in [3.63, 3.8) is 0 Å². The number of benzene rings is 3. The van der Waals surface area contributed by atoms with Crippen LogP contribution in [-0.4, -0.2) is 33.9 Å². The third kappa shape index (κ3) is 3.82. The molecule has 0 bridgehead atoms. The summed E-state index contributed by atoms with van der Waals surface area (Å²) in [5.41, 5.74) is 3.16. The summed E-state index contributed by atoms with van der Waals surface area (Å²) in [6.45, 7) is 6.18. The summed E-state index contributed by atoms with van der Waals surface area (Å²) < 4.78 is 5.53. The number of Topliss-reactive ketones (excluding diaryl/α,β-unsaturated/α-hetero) is 1. The predicted molar refractivity (Wildman–Crippen MR) is 139 cm³/mol. The first-order valence-electron chi connectivity index (χ1n) is 11.7. The number of ketones is 1. The van der Waals surface area contributed by atoms with Crippen molar-refractivity contribution in [3.8, 4) is 5.75 Å². The van der Waals surface area contributed by atoms with E-state index in [9.17, 15) is 14.7 Å². The highest BCUT2D eigenvalue weighted by molar-refractivity contribution is 6.51. The molecule has 182 valence electrons. The van der Waals surface area contributed by atoms with E-state index >= 15 is 0 Å². The minimum atomic E-state index is -0.880. The molecule has 4 aromatic rings. The van der Waals surface area contributed by atoms with Gasteiger partial charge in [0.2, 0.25) is 5.95 Å². The molecule has 7 heteroatoms. The van der Waals surface area contributed by atoms with Crippen molar-refractivity contribution in [1.29, 1.82) is 0 Å². The normalized spacial score (nSPS) is 17.7. The van der Waals surface area contributed by atoms with Crippen molar-refractivity contribution >= 4 is 34.4 Å². The number of fused-ring (bicyclic) bond motifs is 1. The number of carbonyl (C=O) groups excluding carboxylic acids is 2. The van der Waals surface area contributed by atoms with Gasteiger partial charge in [-0.25, -0.2) is 4.98 Å². The lowest BCUT2D eigenvalue weighted by Crippen LogP contribution is -2.30. The van der Waals surface area contributed by atoms with E-state index < -0.39 is 17.7 Å². The lowest BCUT2D eigenvalue weighted by molar-refractivity contribution is -0.132. The molecule has 7 nitrogen and oxygen atoms in total. The number of carbonyl (C=O) groups is 2. The Kier molecular flexibility index (Phi) is 5.63. The Labute approximate surface area is 209 Å². The van der Waals surface area contributed by atoms with E-state index in [0.717, 1.165) is 11.1 Å². The summed E-state index contributed by atoms with van der Waals surface area (Å²) >= 11 is 0. The number of aliphatic hydroxyl groups excluding tert-OH is 1. The summed E-state index contributed by atoms with van der Waals surface area (Å²) in [4.78, 5) is 36.0. The molecule has 1 saturated heterocycles. The maximum Gasteiger partial charge on any atom is 0.302 e. The molecular weight excluding hydrogens is 454 g/mol. The van der Waals surface area contributed by atoms with Crippen LogP contribution < -0.4 is 9.64 Å². The summed E-state index contributed by atoms with van der Waals surface area (Å²) in [7, 11) is 1.50. The molecule has 36 heavy (non-hydrogen) atoms. The zero-order chi connectivity index (χ0) is 25.6. The minimum absolute atomic E-state index is 0.0176. The second kappa shape index (κ2) is 8.68. The Bertz CT molecular complexity index is 1480. The number of anilines is 1. The number of rotatable bonds is 4. The van der Waals surface area contributed by atoms with Crippen LogP contribution in [0.1, 0.15) is 43.5 Å². The molecule has 2 N–H and O–H groups in total. The van der Waals surface area contributed by atoms with Crippen LogP contribution in [0.2, 0.25) is 0 Å². The van der Waals surface area contributed by atoms with E-state index in [2.05, 4.69) is 30.7 Å². The average Bonchev–Trinajstić information content (AvgIpc) is 3.41. The van der Waals surface area contributed by atoms with Gasteiger partial charge < -0.3 is 14.8 Å². The van der Waals surface area contributed by atoms with Crippen LogP contribution in [0.5, 0.6) is 5.75 Å². The van der Waals surface area contributed by atoms with Gasteiger partial charge in [0.25, 0.3) is 5.78 Å². The number of aliphatic hydroxyl groups is 1. The molecule has 1 atom stereocenters. The number of aromatic nitrogens is 2. The highest BCUT2D eigenvalue weighted by Crippen LogP contribution is 2.43. The standard InChI is InChI=1S/C29H27N3O4/c1-29(2,3)18-14-15-22(36-4)19(16-18)25(33)23-24(17-10-6-5-7-11-17)32(27(35)26(23)34)28-30-20-12-8-9-13-21(20)31-28/h5-16,24,33H,1-4H3,(H,30,31)/b25-23+. The Balaban J connectivity index is 1.75. The van der Waals surface area contributed by atoms with E-state index in [1.807, 2.05) is 66.7 Å². The molecule has 1 aliphatic heterocycles. The Hall–Kier alpha value is -4.39. The van der Waals surface area contributed by atoms with Gasteiger partial charge in [0.05, 0.1) is 35.3 Å². The Morgan fingerprint density at radius 2 is 1.69 bits per heavy atom. The summed E-state index contributed by atoms with van der Waals surface area (Å²) in [5, 5.41) is 11.6. The number of hydrogen-bond acceptors (Lipinski definition) is 5. The van der Waals surface area contributed by atoms with Crippen molar-refractivity contribution in [2.24, 2.45) is 0 Å². The fourth-order valence-corrected chi connectivity index (χ4v) is 4.56. The molecule has 1 aromatic heterocycles. The second-order valence-electron chi connectivity index (χ2n) is 9.82. The van der Waals surface area contributed by atoms with Crippen molar-refractivity contribution < 1.29 is 19.4 Å². The Morgan fingerprint density at radius 1 is 1.00 bits per heavy atom. The maximum atomic E-state index is 13.5. The molecular formula is C29H27N3O4. The van der Waals surface area contributed by atoms with Gasteiger partial charge in [0.15, 0.2) is 0 Å². The number of amides is 1. The van der Waals surface area contributed by atoms with Gasteiger partial charge in [-0.2, -0.15) is 0 Å². The number of nitrogens with one attached hydrogen (secondary N) is 1. The monoisotopic (exact) mass is 481 g/mol. The number of aromatic amines is 1. The van der Waals surface area contributed by atoms with Crippen LogP contribution in [0.15, 0.2) is 78.4 Å². The summed E-state index contributed by atoms with van der Waals surface area (Å²) in [5.74, 6) is -1.20. The molecule has 1 amide bonds. The number of hydrogen-bond donors (Lipinski definition) is 2. The zero-order valence-corrected chi connectivity index (χ0v) is 20.6. The van der Waals surface area contributed by atoms with Gasteiger partial charge in [0.1, 0.15) is 11.5 Å². The largest absolute Gasteiger partial charge is 0.507 e. The second-order valence-corrected chi connectivity index (χ2v) is 9.82.